The molecule has 2 unspecified atom stereocenters. The zero-order chi connectivity index (χ0) is 14.2. The van der Waals surface area contributed by atoms with E-state index in [-0.39, 0.29) is 11.8 Å². The Labute approximate surface area is 119 Å². The highest BCUT2D eigenvalue weighted by molar-refractivity contribution is 5.91. The van der Waals surface area contributed by atoms with Gasteiger partial charge in [0.15, 0.2) is 5.76 Å². The highest BCUT2D eigenvalue weighted by Gasteiger charge is 2.44. The van der Waals surface area contributed by atoms with Crippen LogP contribution in [0.1, 0.15) is 55.3 Å². The van der Waals surface area contributed by atoms with Crippen molar-refractivity contribution in [2.45, 2.75) is 51.0 Å². The van der Waals surface area contributed by atoms with E-state index in [4.69, 9.17) is 4.42 Å². The van der Waals surface area contributed by atoms with Crippen molar-refractivity contribution >= 4 is 5.91 Å². The van der Waals surface area contributed by atoms with E-state index in [9.17, 15) is 9.90 Å². The first-order valence-corrected chi connectivity index (χ1v) is 7.73. The smallest absolute Gasteiger partial charge is 0.289 e. The van der Waals surface area contributed by atoms with E-state index in [0.717, 1.165) is 37.9 Å². The lowest BCUT2D eigenvalue weighted by atomic mass is 9.71. The summed E-state index contributed by atoms with van der Waals surface area (Å²) in [4.78, 5) is 14.3. The van der Waals surface area contributed by atoms with Gasteiger partial charge in [0, 0.05) is 25.4 Å². The largest absolute Gasteiger partial charge is 0.456 e. The van der Waals surface area contributed by atoms with Gasteiger partial charge in [-0.3, -0.25) is 4.79 Å². The molecule has 2 atom stereocenters. The molecule has 0 aromatic carbocycles. The highest BCUT2D eigenvalue weighted by atomic mass is 16.4. The maximum Gasteiger partial charge on any atom is 0.289 e. The van der Waals surface area contributed by atoms with Gasteiger partial charge in [-0.1, -0.05) is 19.8 Å². The summed E-state index contributed by atoms with van der Waals surface area (Å²) >= 11 is 0. The summed E-state index contributed by atoms with van der Waals surface area (Å²) < 4.78 is 5.56. The molecule has 1 aliphatic carbocycles. The molecule has 1 amide bonds. The number of hydrogen-bond donors (Lipinski definition) is 1. The molecule has 110 valence electrons. The molecule has 1 aromatic rings. The highest BCUT2D eigenvalue weighted by Crippen LogP contribution is 2.40. The van der Waals surface area contributed by atoms with Gasteiger partial charge in [0.05, 0.1) is 5.60 Å². The van der Waals surface area contributed by atoms with E-state index in [1.807, 2.05) is 17.9 Å². The van der Waals surface area contributed by atoms with Crippen LogP contribution in [-0.4, -0.2) is 34.6 Å². The normalized spacial score (nSPS) is 30.1. The van der Waals surface area contributed by atoms with Gasteiger partial charge in [0.25, 0.3) is 5.91 Å². The topological polar surface area (TPSA) is 53.7 Å². The molecule has 1 N–H and O–H groups in total. The van der Waals surface area contributed by atoms with Crippen LogP contribution >= 0.6 is 0 Å². The molecule has 0 spiro atoms. The van der Waals surface area contributed by atoms with Gasteiger partial charge >= 0.3 is 0 Å². The molecule has 1 saturated heterocycles. The summed E-state index contributed by atoms with van der Waals surface area (Å²) in [5.41, 5.74) is -0.535. The Hall–Kier alpha value is -1.29. The Balaban J connectivity index is 1.71. The number of furan rings is 1. The van der Waals surface area contributed by atoms with E-state index >= 15 is 0 Å². The molecule has 4 nitrogen and oxygen atoms in total. The van der Waals surface area contributed by atoms with Crippen LogP contribution in [0.4, 0.5) is 0 Å². The molecule has 2 heterocycles. The number of carbonyl (C=O) groups is 1. The standard InChI is InChI=1S/C16H23NO3/c1-2-13-6-7-14(20-13)15(18)17-10-9-16(19)8-4-3-5-12(16)11-17/h6-7,12,19H,2-5,8-11H2,1H3. The van der Waals surface area contributed by atoms with E-state index < -0.39 is 5.60 Å². The van der Waals surface area contributed by atoms with E-state index in [2.05, 4.69) is 0 Å². The number of aliphatic hydroxyl groups is 1. The van der Waals surface area contributed by atoms with Gasteiger partial charge in [0.2, 0.25) is 0 Å². The van der Waals surface area contributed by atoms with Crippen LogP contribution in [0.5, 0.6) is 0 Å². The van der Waals surface area contributed by atoms with Gasteiger partial charge in [0.1, 0.15) is 5.76 Å². The molecule has 2 fully saturated rings. The summed E-state index contributed by atoms with van der Waals surface area (Å²) in [5.74, 6) is 1.48. The second kappa shape index (κ2) is 5.24. The second-order valence-corrected chi connectivity index (χ2v) is 6.17. The molecule has 1 aromatic heterocycles. The minimum atomic E-state index is -0.535. The number of nitrogens with zero attached hydrogens (tertiary/aromatic N) is 1. The molecule has 0 radical (unpaired) electrons. The molecule has 2 aliphatic rings. The first kappa shape index (κ1) is 13.7. The molecular formula is C16H23NO3. The number of likely N-dealkylation sites (tertiary alicyclic amines) is 1. The van der Waals surface area contributed by atoms with Gasteiger partial charge in [-0.15, -0.1) is 0 Å². The number of hydrogen-bond acceptors (Lipinski definition) is 3. The summed E-state index contributed by atoms with van der Waals surface area (Å²) in [6.45, 7) is 3.31. The lowest BCUT2D eigenvalue weighted by molar-refractivity contribution is -0.0889. The van der Waals surface area contributed by atoms with Crippen LogP contribution < -0.4 is 0 Å². The average Bonchev–Trinajstić information content (AvgIpc) is 2.94. The first-order chi connectivity index (χ1) is 9.62. The summed E-state index contributed by atoms with van der Waals surface area (Å²) in [7, 11) is 0. The predicted molar refractivity (Wildman–Crippen MR) is 75.5 cm³/mol. The fourth-order valence-corrected chi connectivity index (χ4v) is 3.59. The minimum Gasteiger partial charge on any atom is -0.456 e. The summed E-state index contributed by atoms with van der Waals surface area (Å²) in [6.07, 6.45) is 5.69. The minimum absolute atomic E-state index is 0.0303. The van der Waals surface area contributed by atoms with Crippen LogP contribution in [0.2, 0.25) is 0 Å². The first-order valence-electron chi connectivity index (χ1n) is 7.73. The lowest BCUT2D eigenvalue weighted by Crippen LogP contribution is -2.54. The Morgan fingerprint density at radius 3 is 3.05 bits per heavy atom. The predicted octanol–water partition coefficient (Wildman–Crippen LogP) is 2.61. The molecule has 1 aliphatic heterocycles. The fraction of sp³-hybridized carbons (Fsp3) is 0.688. The van der Waals surface area contributed by atoms with Crippen molar-refractivity contribution in [2.75, 3.05) is 13.1 Å². The second-order valence-electron chi connectivity index (χ2n) is 6.17. The van der Waals surface area contributed by atoms with Crippen molar-refractivity contribution in [3.63, 3.8) is 0 Å². The average molecular weight is 277 g/mol. The number of rotatable bonds is 2. The summed E-state index contributed by atoms with van der Waals surface area (Å²) in [6, 6.07) is 3.64. The molecule has 3 rings (SSSR count). The van der Waals surface area contributed by atoms with E-state index in [0.29, 0.717) is 25.3 Å². The number of aryl methyl sites for hydroxylation is 1. The van der Waals surface area contributed by atoms with Crippen molar-refractivity contribution < 1.29 is 14.3 Å². The van der Waals surface area contributed by atoms with Crippen molar-refractivity contribution in [3.05, 3.63) is 23.7 Å². The third-order valence-corrected chi connectivity index (χ3v) is 4.94. The molecule has 1 saturated carbocycles. The van der Waals surface area contributed by atoms with Crippen molar-refractivity contribution in [3.8, 4) is 0 Å². The SMILES string of the molecule is CCc1ccc(C(=O)N2CCC3(O)CCCCC3C2)o1. The molecule has 20 heavy (non-hydrogen) atoms. The van der Waals surface area contributed by atoms with Crippen LogP contribution in [0.3, 0.4) is 0 Å². The monoisotopic (exact) mass is 277 g/mol. The molecule has 4 heteroatoms. The molecule has 0 bridgehead atoms. The van der Waals surface area contributed by atoms with E-state index in [1.54, 1.807) is 6.07 Å². The van der Waals surface area contributed by atoms with Crippen LogP contribution in [-0.2, 0) is 6.42 Å². The Morgan fingerprint density at radius 1 is 1.45 bits per heavy atom. The van der Waals surface area contributed by atoms with Crippen molar-refractivity contribution in [1.29, 1.82) is 0 Å². The lowest BCUT2D eigenvalue weighted by Gasteiger charge is -2.47. The Kier molecular flexibility index (Phi) is 3.59. The Bertz CT molecular complexity index is 496. The third-order valence-electron chi connectivity index (χ3n) is 4.94. The van der Waals surface area contributed by atoms with Gasteiger partial charge in [-0.2, -0.15) is 0 Å². The maximum atomic E-state index is 12.5. The van der Waals surface area contributed by atoms with Crippen molar-refractivity contribution in [2.24, 2.45) is 5.92 Å². The fourth-order valence-electron chi connectivity index (χ4n) is 3.59. The van der Waals surface area contributed by atoms with Crippen LogP contribution in [0, 0.1) is 5.92 Å². The van der Waals surface area contributed by atoms with Gasteiger partial charge in [-0.25, -0.2) is 0 Å². The zero-order valence-corrected chi connectivity index (χ0v) is 12.1. The quantitative estimate of drug-likeness (QED) is 0.904. The summed E-state index contributed by atoms with van der Waals surface area (Å²) in [5, 5.41) is 10.6. The number of fused-ring (bicyclic) bond motifs is 1. The Morgan fingerprint density at radius 2 is 2.30 bits per heavy atom. The number of carbonyl (C=O) groups excluding carboxylic acids is 1. The number of piperidine rings is 1. The molecular weight excluding hydrogens is 254 g/mol. The zero-order valence-electron chi connectivity index (χ0n) is 12.1. The van der Waals surface area contributed by atoms with E-state index in [1.165, 1.54) is 0 Å². The van der Waals surface area contributed by atoms with Gasteiger partial charge < -0.3 is 14.4 Å². The third kappa shape index (κ3) is 2.37. The van der Waals surface area contributed by atoms with Crippen LogP contribution in [0.25, 0.3) is 0 Å². The number of amides is 1. The van der Waals surface area contributed by atoms with Crippen molar-refractivity contribution in [1.82, 2.24) is 4.90 Å². The van der Waals surface area contributed by atoms with Crippen LogP contribution in [0.15, 0.2) is 16.5 Å². The van der Waals surface area contributed by atoms with Gasteiger partial charge in [-0.05, 0) is 31.4 Å². The maximum absolute atomic E-state index is 12.5.